The van der Waals surface area contributed by atoms with E-state index in [-0.39, 0.29) is 46.0 Å². The minimum absolute atomic E-state index is 0. The van der Waals surface area contributed by atoms with E-state index in [9.17, 15) is 4.79 Å². The number of rotatable bonds is 4. The van der Waals surface area contributed by atoms with Gasteiger partial charge in [0.15, 0.2) is 11.7 Å². The molecule has 0 atom stereocenters. The standard InChI is InChI=1S/C15H18Cl3N3O2.ClH/c16-10-5-11(17)13(12(18)6-10)23-14(22)9-3-1-8(2-4-9)7-21-15(19)20;/h5-6,8-9H,1-4,7H2,(H4,19,20,21);1H. The highest BCUT2D eigenvalue weighted by molar-refractivity contribution is 6.40. The summed E-state index contributed by atoms with van der Waals surface area (Å²) in [6, 6.07) is 2.98. The van der Waals surface area contributed by atoms with E-state index in [1.54, 1.807) is 0 Å². The van der Waals surface area contributed by atoms with Crippen LogP contribution < -0.4 is 16.2 Å². The summed E-state index contributed by atoms with van der Waals surface area (Å²) in [5, 5.41) is 0.828. The van der Waals surface area contributed by atoms with Crippen LogP contribution in [-0.2, 0) is 4.79 Å². The number of nitrogens with two attached hydrogens (primary N) is 2. The van der Waals surface area contributed by atoms with Gasteiger partial charge in [-0.05, 0) is 43.7 Å². The molecule has 2 rings (SSSR count). The van der Waals surface area contributed by atoms with Gasteiger partial charge in [0.2, 0.25) is 0 Å². The Labute approximate surface area is 162 Å². The molecule has 0 spiro atoms. The van der Waals surface area contributed by atoms with Gasteiger partial charge in [0, 0.05) is 11.6 Å². The summed E-state index contributed by atoms with van der Waals surface area (Å²) < 4.78 is 5.37. The highest BCUT2D eigenvalue weighted by atomic mass is 35.5. The number of guanidine groups is 1. The van der Waals surface area contributed by atoms with E-state index in [2.05, 4.69) is 4.99 Å². The third-order valence-electron chi connectivity index (χ3n) is 3.88. The minimum atomic E-state index is -0.323. The lowest BCUT2D eigenvalue weighted by Crippen LogP contribution is -2.28. The average molecular weight is 415 g/mol. The van der Waals surface area contributed by atoms with Crippen LogP contribution >= 0.6 is 47.2 Å². The Hall–Kier alpha value is -0.880. The van der Waals surface area contributed by atoms with E-state index in [0.717, 1.165) is 25.7 Å². The summed E-state index contributed by atoms with van der Waals surface area (Å²) in [5.74, 6) is 0.150. The molecule has 0 radical (unpaired) electrons. The smallest absolute Gasteiger partial charge is 0.314 e. The quantitative estimate of drug-likeness (QED) is 0.336. The fraction of sp³-hybridized carbons (Fsp3) is 0.467. The lowest BCUT2D eigenvalue weighted by molar-refractivity contribution is -0.140. The van der Waals surface area contributed by atoms with Gasteiger partial charge in [-0.2, -0.15) is 0 Å². The van der Waals surface area contributed by atoms with Gasteiger partial charge in [0.1, 0.15) is 0 Å². The van der Waals surface area contributed by atoms with Gasteiger partial charge < -0.3 is 16.2 Å². The van der Waals surface area contributed by atoms with Crippen LogP contribution in [0.25, 0.3) is 0 Å². The number of nitrogens with zero attached hydrogens (tertiary/aromatic N) is 1. The fourth-order valence-corrected chi connectivity index (χ4v) is 3.52. The van der Waals surface area contributed by atoms with Crippen molar-refractivity contribution in [2.45, 2.75) is 25.7 Å². The Balaban J connectivity index is 0.00000288. The van der Waals surface area contributed by atoms with Crippen LogP contribution in [0.15, 0.2) is 17.1 Å². The number of esters is 1. The van der Waals surface area contributed by atoms with Gasteiger partial charge in [-0.1, -0.05) is 34.8 Å². The molecule has 0 bridgehead atoms. The number of carbonyl (C=O) groups excluding carboxylic acids is 1. The molecule has 1 aromatic carbocycles. The van der Waals surface area contributed by atoms with E-state index in [0.29, 0.717) is 17.5 Å². The van der Waals surface area contributed by atoms with Crippen LogP contribution in [0.2, 0.25) is 15.1 Å². The maximum absolute atomic E-state index is 12.3. The molecule has 0 aliphatic heterocycles. The molecule has 1 aliphatic rings. The number of benzene rings is 1. The van der Waals surface area contributed by atoms with Crippen molar-refractivity contribution in [3.63, 3.8) is 0 Å². The summed E-state index contributed by atoms with van der Waals surface area (Å²) in [7, 11) is 0. The first kappa shape index (κ1) is 21.2. The van der Waals surface area contributed by atoms with Crippen molar-refractivity contribution >= 4 is 59.1 Å². The molecule has 1 fully saturated rings. The maximum atomic E-state index is 12.3. The first-order valence-electron chi connectivity index (χ1n) is 7.28. The third-order valence-corrected chi connectivity index (χ3v) is 4.66. The Morgan fingerprint density at radius 1 is 1.12 bits per heavy atom. The zero-order chi connectivity index (χ0) is 17.0. The van der Waals surface area contributed by atoms with Gasteiger partial charge >= 0.3 is 5.97 Å². The molecule has 0 amide bonds. The highest BCUT2D eigenvalue weighted by Crippen LogP contribution is 2.37. The van der Waals surface area contributed by atoms with Crippen molar-refractivity contribution in [3.05, 3.63) is 27.2 Å². The molecule has 9 heteroatoms. The zero-order valence-electron chi connectivity index (χ0n) is 12.8. The first-order chi connectivity index (χ1) is 10.9. The van der Waals surface area contributed by atoms with Crippen molar-refractivity contribution in [2.24, 2.45) is 28.3 Å². The van der Waals surface area contributed by atoms with Gasteiger partial charge in [-0.3, -0.25) is 9.79 Å². The molecule has 1 aromatic rings. The Morgan fingerprint density at radius 3 is 2.17 bits per heavy atom. The topological polar surface area (TPSA) is 90.7 Å². The van der Waals surface area contributed by atoms with Crippen molar-refractivity contribution in [1.29, 1.82) is 0 Å². The van der Waals surface area contributed by atoms with Gasteiger partial charge in [0.05, 0.1) is 16.0 Å². The largest absolute Gasteiger partial charge is 0.423 e. The summed E-state index contributed by atoms with van der Waals surface area (Å²) in [6.07, 6.45) is 3.20. The zero-order valence-corrected chi connectivity index (χ0v) is 15.9. The molecule has 0 saturated heterocycles. The lowest BCUT2D eigenvalue weighted by atomic mass is 9.82. The second-order valence-corrected chi connectivity index (χ2v) is 6.85. The number of hydrogen-bond acceptors (Lipinski definition) is 3. The maximum Gasteiger partial charge on any atom is 0.314 e. The van der Waals surface area contributed by atoms with Crippen molar-refractivity contribution in [2.75, 3.05) is 6.54 Å². The molecule has 1 saturated carbocycles. The van der Waals surface area contributed by atoms with Crippen LogP contribution in [0.3, 0.4) is 0 Å². The normalized spacial score (nSPS) is 20.0. The lowest BCUT2D eigenvalue weighted by Gasteiger charge is -2.26. The molecule has 5 nitrogen and oxygen atoms in total. The van der Waals surface area contributed by atoms with Crippen LogP contribution in [0.1, 0.15) is 25.7 Å². The molecular weight excluding hydrogens is 396 g/mol. The highest BCUT2D eigenvalue weighted by Gasteiger charge is 2.28. The Bertz CT molecular complexity index is 590. The molecular formula is C15H19Cl4N3O2. The second-order valence-electron chi connectivity index (χ2n) is 5.60. The number of ether oxygens (including phenoxy) is 1. The van der Waals surface area contributed by atoms with Crippen LogP contribution in [0, 0.1) is 11.8 Å². The van der Waals surface area contributed by atoms with Crippen molar-refractivity contribution in [3.8, 4) is 5.75 Å². The van der Waals surface area contributed by atoms with E-state index < -0.39 is 0 Å². The van der Waals surface area contributed by atoms with Gasteiger partial charge in [-0.25, -0.2) is 0 Å². The number of hydrogen-bond donors (Lipinski definition) is 2. The molecule has 0 heterocycles. The predicted molar refractivity (Wildman–Crippen MR) is 100 cm³/mol. The number of halogens is 4. The number of aliphatic imine (C=N–C) groups is 1. The van der Waals surface area contributed by atoms with Gasteiger partial charge in [-0.15, -0.1) is 12.4 Å². The molecule has 4 N–H and O–H groups in total. The molecule has 134 valence electrons. The third kappa shape index (κ3) is 5.88. The fourth-order valence-electron chi connectivity index (χ4n) is 2.63. The van der Waals surface area contributed by atoms with E-state index in [4.69, 9.17) is 51.0 Å². The second kappa shape index (κ2) is 9.56. The van der Waals surface area contributed by atoms with Crippen LogP contribution in [0.4, 0.5) is 0 Å². The van der Waals surface area contributed by atoms with Crippen LogP contribution in [0.5, 0.6) is 5.75 Å². The summed E-state index contributed by atoms with van der Waals surface area (Å²) in [4.78, 5) is 16.3. The van der Waals surface area contributed by atoms with E-state index in [1.807, 2.05) is 0 Å². The molecule has 24 heavy (non-hydrogen) atoms. The molecule has 1 aliphatic carbocycles. The summed E-state index contributed by atoms with van der Waals surface area (Å²) >= 11 is 17.9. The summed E-state index contributed by atoms with van der Waals surface area (Å²) in [5.41, 5.74) is 10.7. The SMILES string of the molecule is Cl.NC(N)=NCC1CCC(C(=O)Oc2c(Cl)cc(Cl)cc2Cl)CC1. The predicted octanol–water partition coefficient (Wildman–Crippen LogP) is 4.05. The minimum Gasteiger partial charge on any atom is -0.423 e. The average Bonchev–Trinajstić information content (AvgIpc) is 2.49. The Kier molecular flexibility index (Phi) is 8.43. The van der Waals surface area contributed by atoms with Crippen molar-refractivity contribution < 1.29 is 9.53 Å². The van der Waals surface area contributed by atoms with Crippen molar-refractivity contribution in [1.82, 2.24) is 0 Å². The van der Waals surface area contributed by atoms with E-state index >= 15 is 0 Å². The molecule has 0 aromatic heterocycles. The molecule has 0 unspecified atom stereocenters. The first-order valence-corrected chi connectivity index (χ1v) is 8.42. The van der Waals surface area contributed by atoms with Crippen LogP contribution in [-0.4, -0.2) is 18.5 Å². The Morgan fingerprint density at radius 2 is 1.67 bits per heavy atom. The monoisotopic (exact) mass is 413 g/mol. The van der Waals surface area contributed by atoms with E-state index in [1.165, 1.54) is 12.1 Å². The number of carbonyl (C=O) groups is 1. The van der Waals surface area contributed by atoms with Gasteiger partial charge in [0.25, 0.3) is 0 Å². The summed E-state index contributed by atoms with van der Waals surface area (Å²) in [6.45, 7) is 0.596.